The zero-order chi connectivity index (χ0) is 11.7. The molecule has 0 aromatic heterocycles. The Kier molecular flexibility index (Phi) is 3.06. The molecule has 17 heavy (non-hydrogen) atoms. The van der Waals surface area contributed by atoms with E-state index in [1.165, 1.54) is 56.4 Å². The Hall–Kier alpha value is -1.02. The van der Waals surface area contributed by atoms with Gasteiger partial charge in [-0.25, -0.2) is 0 Å². The minimum atomic E-state index is 0.245. The van der Waals surface area contributed by atoms with E-state index in [4.69, 9.17) is 5.73 Å². The summed E-state index contributed by atoms with van der Waals surface area (Å²) in [5.41, 5.74) is 8.90. The molecule has 1 saturated heterocycles. The minimum absolute atomic E-state index is 0.245. The van der Waals surface area contributed by atoms with Crippen molar-refractivity contribution < 1.29 is 0 Å². The lowest BCUT2D eigenvalue weighted by Crippen LogP contribution is -2.17. The van der Waals surface area contributed by atoms with E-state index in [9.17, 15) is 0 Å². The number of hydrogen-bond acceptors (Lipinski definition) is 2. The van der Waals surface area contributed by atoms with Crippen LogP contribution in [0.15, 0.2) is 24.3 Å². The van der Waals surface area contributed by atoms with Crippen molar-refractivity contribution in [1.82, 2.24) is 0 Å². The average Bonchev–Trinajstić information content (AvgIpc) is 3.00. The molecule has 1 aromatic carbocycles. The van der Waals surface area contributed by atoms with Crippen LogP contribution in [0.25, 0.3) is 0 Å². The van der Waals surface area contributed by atoms with Crippen molar-refractivity contribution in [1.29, 1.82) is 0 Å². The SMILES string of the molecule is N[C@@H](CC1CC1)c1ccc(N2CCCC2)cc1. The second kappa shape index (κ2) is 4.69. The molecule has 1 saturated carbocycles. The maximum absolute atomic E-state index is 6.23. The number of benzene rings is 1. The maximum atomic E-state index is 6.23. The summed E-state index contributed by atoms with van der Waals surface area (Å²) in [5, 5.41) is 0. The Labute approximate surface area is 104 Å². The molecular weight excluding hydrogens is 208 g/mol. The largest absolute Gasteiger partial charge is 0.372 e. The topological polar surface area (TPSA) is 29.3 Å². The van der Waals surface area contributed by atoms with E-state index < -0.39 is 0 Å². The Morgan fingerprint density at radius 1 is 1.12 bits per heavy atom. The summed E-state index contributed by atoms with van der Waals surface area (Å²) < 4.78 is 0. The predicted octanol–water partition coefficient (Wildman–Crippen LogP) is 3.09. The Morgan fingerprint density at radius 3 is 2.35 bits per heavy atom. The van der Waals surface area contributed by atoms with Crippen molar-refractivity contribution in [2.75, 3.05) is 18.0 Å². The molecule has 1 aromatic rings. The van der Waals surface area contributed by atoms with Crippen molar-refractivity contribution >= 4 is 5.69 Å². The molecule has 1 heterocycles. The molecule has 0 bridgehead atoms. The van der Waals surface area contributed by atoms with E-state index in [0.717, 1.165) is 5.92 Å². The Bertz CT molecular complexity index is 361. The molecule has 3 rings (SSSR count). The molecule has 0 amide bonds. The smallest absolute Gasteiger partial charge is 0.0366 e. The van der Waals surface area contributed by atoms with Gasteiger partial charge in [0.15, 0.2) is 0 Å². The van der Waals surface area contributed by atoms with Crippen molar-refractivity contribution in [2.24, 2.45) is 11.7 Å². The van der Waals surface area contributed by atoms with Crippen molar-refractivity contribution in [3.05, 3.63) is 29.8 Å². The summed E-state index contributed by atoms with van der Waals surface area (Å²) in [6.45, 7) is 2.43. The highest BCUT2D eigenvalue weighted by molar-refractivity contribution is 5.48. The van der Waals surface area contributed by atoms with Crippen molar-refractivity contribution in [3.8, 4) is 0 Å². The first-order chi connectivity index (χ1) is 8.33. The van der Waals surface area contributed by atoms with E-state index in [2.05, 4.69) is 29.2 Å². The summed E-state index contributed by atoms with van der Waals surface area (Å²) >= 11 is 0. The lowest BCUT2D eigenvalue weighted by Gasteiger charge is -2.19. The van der Waals surface area contributed by atoms with E-state index >= 15 is 0 Å². The summed E-state index contributed by atoms with van der Waals surface area (Å²) in [6, 6.07) is 9.18. The Morgan fingerprint density at radius 2 is 1.76 bits per heavy atom. The zero-order valence-electron chi connectivity index (χ0n) is 10.4. The third kappa shape index (κ3) is 2.63. The standard InChI is InChI=1S/C15H22N2/c16-15(11-12-3-4-12)13-5-7-14(8-6-13)17-9-1-2-10-17/h5-8,12,15H,1-4,9-11,16H2/t15-/m0/s1. The fraction of sp³-hybridized carbons (Fsp3) is 0.600. The Balaban J connectivity index is 1.65. The van der Waals surface area contributed by atoms with E-state index in [0.29, 0.717) is 0 Å². The predicted molar refractivity (Wildman–Crippen MR) is 72.2 cm³/mol. The molecule has 0 unspecified atom stereocenters. The molecule has 1 atom stereocenters. The number of rotatable bonds is 4. The van der Waals surface area contributed by atoms with Gasteiger partial charge in [-0.15, -0.1) is 0 Å². The van der Waals surface area contributed by atoms with Gasteiger partial charge in [0.25, 0.3) is 0 Å². The van der Waals surface area contributed by atoms with Gasteiger partial charge in [-0.1, -0.05) is 25.0 Å². The number of hydrogen-bond donors (Lipinski definition) is 1. The normalized spacial score (nSPS) is 21.8. The average molecular weight is 230 g/mol. The van der Waals surface area contributed by atoms with Crippen LogP contribution in [0, 0.1) is 5.92 Å². The van der Waals surface area contributed by atoms with Crippen LogP contribution in [0.4, 0.5) is 5.69 Å². The van der Waals surface area contributed by atoms with Gasteiger partial charge in [-0.2, -0.15) is 0 Å². The number of anilines is 1. The lowest BCUT2D eigenvalue weighted by atomic mass is 10.0. The molecule has 0 spiro atoms. The molecule has 2 nitrogen and oxygen atoms in total. The molecule has 1 aliphatic carbocycles. The van der Waals surface area contributed by atoms with Crippen LogP contribution in [0.1, 0.15) is 43.7 Å². The summed E-state index contributed by atoms with van der Waals surface area (Å²) in [6.07, 6.45) is 6.62. The summed E-state index contributed by atoms with van der Waals surface area (Å²) in [5.74, 6) is 0.906. The molecule has 0 radical (unpaired) electrons. The van der Waals surface area contributed by atoms with Crippen molar-refractivity contribution in [2.45, 2.75) is 38.1 Å². The van der Waals surface area contributed by atoms with E-state index in [1.807, 2.05) is 0 Å². The van der Waals surface area contributed by atoms with Gasteiger partial charge in [-0.3, -0.25) is 0 Å². The first kappa shape index (κ1) is 11.1. The fourth-order valence-corrected chi connectivity index (χ4v) is 2.76. The second-order valence-corrected chi connectivity index (χ2v) is 5.57. The monoisotopic (exact) mass is 230 g/mol. The summed E-state index contributed by atoms with van der Waals surface area (Å²) in [4.78, 5) is 2.47. The molecule has 2 fully saturated rings. The van der Waals surface area contributed by atoms with Gasteiger partial charge in [0.05, 0.1) is 0 Å². The van der Waals surface area contributed by atoms with Crippen LogP contribution in [0.5, 0.6) is 0 Å². The molecule has 2 N–H and O–H groups in total. The van der Waals surface area contributed by atoms with Crippen LogP contribution in [0.3, 0.4) is 0 Å². The highest BCUT2D eigenvalue weighted by atomic mass is 15.1. The maximum Gasteiger partial charge on any atom is 0.0366 e. The second-order valence-electron chi connectivity index (χ2n) is 5.57. The quantitative estimate of drug-likeness (QED) is 0.861. The first-order valence-corrected chi connectivity index (χ1v) is 6.93. The van der Waals surface area contributed by atoms with Crippen LogP contribution in [-0.2, 0) is 0 Å². The van der Waals surface area contributed by atoms with Gasteiger partial charge in [0.2, 0.25) is 0 Å². The van der Waals surface area contributed by atoms with E-state index in [-0.39, 0.29) is 6.04 Å². The molecule has 2 aliphatic rings. The van der Waals surface area contributed by atoms with Gasteiger partial charge in [0, 0.05) is 24.8 Å². The lowest BCUT2D eigenvalue weighted by molar-refractivity contribution is 0.597. The van der Waals surface area contributed by atoms with Crippen LogP contribution in [0.2, 0.25) is 0 Å². The van der Waals surface area contributed by atoms with Gasteiger partial charge in [-0.05, 0) is 42.9 Å². The highest BCUT2D eigenvalue weighted by Crippen LogP contribution is 2.37. The fourth-order valence-electron chi connectivity index (χ4n) is 2.76. The first-order valence-electron chi connectivity index (χ1n) is 6.93. The van der Waals surface area contributed by atoms with Crippen molar-refractivity contribution in [3.63, 3.8) is 0 Å². The van der Waals surface area contributed by atoms with Gasteiger partial charge < -0.3 is 10.6 Å². The van der Waals surface area contributed by atoms with Crippen LogP contribution in [-0.4, -0.2) is 13.1 Å². The molecule has 92 valence electrons. The highest BCUT2D eigenvalue weighted by Gasteiger charge is 2.24. The van der Waals surface area contributed by atoms with Crippen LogP contribution >= 0.6 is 0 Å². The molecule has 1 aliphatic heterocycles. The van der Waals surface area contributed by atoms with Gasteiger partial charge >= 0.3 is 0 Å². The van der Waals surface area contributed by atoms with Gasteiger partial charge in [0.1, 0.15) is 0 Å². The third-order valence-corrected chi connectivity index (χ3v) is 4.08. The third-order valence-electron chi connectivity index (χ3n) is 4.08. The van der Waals surface area contributed by atoms with E-state index in [1.54, 1.807) is 0 Å². The summed E-state index contributed by atoms with van der Waals surface area (Å²) in [7, 11) is 0. The molecular formula is C15H22N2. The van der Waals surface area contributed by atoms with Crippen LogP contribution < -0.4 is 10.6 Å². The number of nitrogens with two attached hydrogens (primary N) is 1. The minimum Gasteiger partial charge on any atom is -0.372 e. The number of nitrogens with zero attached hydrogens (tertiary/aromatic N) is 1. The zero-order valence-corrected chi connectivity index (χ0v) is 10.4. The molecule has 2 heteroatoms.